The first-order valence-corrected chi connectivity index (χ1v) is 9.53. The molecule has 1 aliphatic heterocycles. The predicted molar refractivity (Wildman–Crippen MR) is 104 cm³/mol. The molecule has 4 rings (SSSR count). The Bertz CT molecular complexity index is 843. The SMILES string of the molecule is CC(OC(=O)c1ccc(CN2CCc3ccccc32)cc1)C(=O)NC1CC1. The van der Waals surface area contributed by atoms with Crippen molar-refractivity contribution in [2.24, 2.45) is 0 Å². The summed E-state index contributed by atoms with van der Waals surface area (Å²) in [6, 6.07) is 16.2. The molecule has 1 amide bonds. The molecule has 1 N–H and O–H groups in total. The third-order valence-corrected chi connectivity index (χ3v) is 5.12. The summed E-state index contributed by atoms with van der Waals surface area (Å²) in [5.41, 5.74) is 4.28. The van der Waals surface area contributed by atoms with Gasteiger partial charge in [0.25, 0.3) is 5.91 Å². The Kier molecular flexibility index (Phi) is 4.84. The molecular weight excluding hydrogens is 340 g/mol. The molecule has 5 heteroatoms. The quantitative estimate of drug-likeness (QED) is 0.801. The van der Waals surface area contributed by atoms with Crippen LogP contribution in [-0.2, 0) is 22.5 Å². The van der Waals surface area contributed by atoms with Crippen molar-refractivity contribution in [3.63, 3.8) is 0 Å². The van der Waals surface area contributed by atoms with Crippen molar-refractivity contribution in [1.82, 2.24) is 5.32 Å². The molecule has 0 saturated heterocycles. The van der Waals surface area contributed by atoms with Gasteiger partial charge in [-0.15, -0.1) is 0 Å². The van der Waals surface area contributed by atoms with E-state index in [1.165, 1.54) is 11.3 Å². The number of hydrogen-bond acceptors (Lipinski definition) is 4. The summed E-state index contributed by atoms with van der Waals surface area (Å²) in [6.07, 6.45) is 2.31. The van der Waals surface area contributed by atoms with Gasteiger partial charge in [0.15, 0.2) is 6.10 Å². The van der Waals surface area contributed by atoms with Crippen LogP contribution >= 0.6 is 0 Å². The Hall–Kier alpha value is -2.82. The van der Waals surface area contributed by atoms with Crippen molar-refractivity contribution in [2.75, 3.05) is 11.4 Å². The zero-order valence-electron chi connectivity index (χ0n) is 15.5. The first-order valence-electron chi connectivity index (χ1n) is 9.53. The van der Waals surface area contributed by atoms with Crippen LogP contribution in [0.5, 0.6) is 0 Å². The third-order valence-electron chi connectivity index (χ3n) is 5.12. The summed E-state index contributed by atoms with van der Waals surface area (Å²) in [4.78, 5) is 26.5. The summed E-state index contributed by atoms with van der Waals surface area (Å²) in [6.45, 7) is 3.43. The van der Waals surface area contributed by atoms with Gasteiger partial charge in [0.05, 0.1) is 5.56 Å². The Balaban J connectivity index is 1.34. The number of nitrogens with one attached hydrogen (secondary N) is 1. The van der Waals surface area contributed by atoms with Crippen LogP contribution in [0.2, 0.25) is 0 Å². The number of esters is 1. The van der Waals surface area contributed by atoms with E-state index in [1.807, 2.05) is 12.1 Å². The Labute approximate surface area is 159 Å². The number of anilines is 1. The second-order valence-corrected chi connectivity index (χ2v) is 7.33. The summed E-state index contributed by atoms with van der Waals surface area (Å²) in [7, 11) is 0. The molecule has 1 heterocycles. The summed E-state index contributed by atoms with van der Waals surface area (Å²) in [5.74, 6) is -0.693. The lowest BCUT2D eigenvalue weighted by Crippen LogP contribution is -2.37. The second kappa shape index (κ2) is 7.43. The summed E-state index contributed by atoms with van der Waals surface area (Å²) in [5, 5.41) is 2.85. The topological polar surface area (TPSA) is 58.6 Å². The van der Waals surface area contributed by atoms with Crippen LogP contribution in [0.1, 0.15) is 41.3 Å². The Morgan fingerprint density at radius 2 is 1.89 bits per heavy atom. The molecule has 0 spiro atoms. The first-order chi connectivity index (χ1) is 13.1. The smallest absolute Gasteiger partial charge is 0.338 e. The molecule has 0 aromatic heterocycles. The molecule has 2 aromatic carbocycles. The zero-order valence-corrected chi connectivity index (χ0v) is 15.5. The highest BCUT2D eigenvalue weighted by Crippen LogP contribution is 2.28. The zero-order chi connectivity index (χ0) is 18.8. The van der Waals surface area contributed by atoms with Crippen LogP contribution in [0.3, 0.4) is 0 Å². The van der Waals surface area contributed by atoms with Gasteiger partial charge >= 0.3 is 5.97 Å². The normalized spacial score (nSPS) is 16.6. The van der Waals surface area contributed by atoms with E-state index < -0.39 is 12.1 Å². The minimum Gasteiger partial charge on any atom is -0.449 e. The maximum absolute atomic E-state index is 12.3. The molecule has 2 aromatic rings. The van der Waals surface area contributed by atoms with Gasteiger partial charge in [-0.3, -0.25) is 4.79 Å². The number of ether oxygens (including phenoxy) is 1. The molecule has 1 atom stereocenters. The van der Waals surface area contributed by atoms with Crippen LogP contribution < -0.4 is 10.2 Å². The van der Waals surface area contributed by atoms with E-state index in [9.17, 15) is 9.59 Å². The van der Waals surface area contributed by atoms with E-state index >= 15 is 0 Å². The molecule has 2 aliphatic rings. The number of nitrogens with zero attached hydrogens (tertiary/aromatic N) is 1. The number of carbonyl (C=O) groups is 2. The van der Waals surface area contributed by atoms with E-state index in [0.29, 0.717) is 5.56 Å². The van der Waals surface area contributed by atoms with Crippen molar-refractivity contribution in [1.29, 1.82) is 0 Å². The maximum atomic E-state index is 12.3. The third kappa shape index (κ3) is 4.13. The molecule has 27 heavy (non-hydrogen) atoms. The highest BCUT2D eigenvalue weighted by atomic mass is 16.5. The van der Waals surface area contributed by atoms with Crippen LogP contribution in [0.4, 0.5) is 5.69 Å². The fourth-order valence-corrected chi connectivity index (χ4v) is 3.37. The highest BCUT2D eigenvalue weighted by Gasteiger charge is 2.27. The van der Waals surface area contributed by atoms with Gasteiger partial charge in [0.1, 0.15) is 0 Å². The standard InChI is InChI=1S/C22H24N2O3/c1-15(21(25)23-19-10-11-19)27-22(26)18-8-6-16(7-9-18)14-24-13-12-17-4-2-3-5-20(17)24/h2-9,15,19H,10-14H2,1H3,(H,23,25). The van der Waals surface area contributed by atoms with Gasteiger partial charge in [-0.25, -0.2) is 4.79 Å². The van der Waals surface area contributed by atoms with Crippen molar-refractivity contribution >= 4 is 17.6 Å². The molecule has 0 bridgehead atoms. The second-order valence-electron chi connectivity index (χ2n) is 7.33. The molecule has 1 aliphatic carbocycles. The van der Waals surface area contributed by atoms with E-state index in [-0.39, 0.29) is 11.9 Å². The fraction of sp³-hybridized carbons (Fsp3) is 0.364. The molecule has 1 fully saturated rings. The van der Waals surface area contributed by atoms with Gasteiger partial charge in [-0.1, -0.05) is 30.3 Å². The summed E-state index contributed by atoms with van der Waals surface area (Å²) < 4.78 is 5.29. The van der Waals surface area contributed by atoms with Gasteiger partial charge < -0.3 is 15.0 Å². The largest absolute Gasteiger partial charge is 0.449 e. The minimum atomic E-state index is -0.779. The molecule has 1 saturated carbocycles. The first kappa shape index (κ1) is 17.6. The number of amides is 1. The number of fused-ring (bicyclic) bond motifs is 1. The van der Waals surface area contributed by atoms with Crippen LogP contribution in [0, 0.1) is 0 Å². The average Bonchev–Trinajstić information content (AvgIpc) is 3.41. The van der Waals surface area contributed by atoms with E-state index in [2.05, 4.69) is 34.5 Å². The number of benzene rings is 2. The lowest BCUT2D eigenvalue weighted by atomic mass is 10.1. The number of hydrogen-bond donors (Lipinski definition) is 1. The number of carbonyl (C=O) groups excluding carboxylic acids is 2. The van der Waals surface area contributed by atoms with Crippen molar-refractivity contribution < 1.29 is 14.3 Å². The van der Waals surface area contributed by atoms with Gasteiger partial charge in [0.2, 0.25) is 0 Å². The Morgan fingerprint density at radius 3 is 2.63 bits per heavy atom. The summed E-state index contributed by atoms with van der Waals surface area (Å²) >= 11 is 0. The lowest BCUT2D eigenvalue weighted by molar-refractivity contribution is -0.129. The van der Waals surface area contributed by atoms with E-state index in [1.54, 1.807) is 19.1 Å². The van der Waals surface area contributed by atoms with E-state index in [0.717, 1.165) is 37.9 Å². The minimum absolute atomic E-state index is 0.227. The molecular formula is C22H24N2O3. The molecule has 0 radical (unpaired) electrons. The fourth-order valence-electron chi connectivity index (χ4n) is 3.37. The lowest BCUT2D eigenvalue weighted by Gasteiger charge is -2.19. The average molecular weight is 364 g/mol. The van der Waals surface area contributed by atoms with Gasteiger partial charge in [-0.2, -0.15) is 0 Å². The van der Waals surface area contributed by atoms with Crippen LogP contribution in [0.15, 0.2) is 48.5 Å². The van der Waals surface area contributed by atoms with Crippen LogP contribution in [0.25, 0.3) is 0 Å². The van der Waals surface area contributed by atoms with Crippen molar-refractivity contribution in [2.45, 2.75) is 44.9 Å². The van der Waals surface area contributed by atoms with Crippen molar-refractivity contribution in [3.05, 3.63) is 65.2 Å². The number of rotatable bonds is 6. The van der Waals surface area contributed by atoms with Crippen LogP contribution in [-0.4, -0.2) is 30.6 Å². The predicted octanol–water partition coefficient (Wildman–Crippen LogP) is 3.07. The van der Waals surface area contributed by atoms with Crippen molar-refractivity contribution in [3.8, 4) is 0 Å². The molecule has 1 unspecified atom stereocenters. The number of para-hydroxylation sites is 1. The monoisotopic (exact) mass is 364 g/mol. The molecule has 5 nitrogen and oxygen atoms in total. The van der Waals surface area contributed by atoms with E-state index in [4.69, 9.17) is 4.74 Å². The maximum Gasteiger partial charge on any atom is 0.338 e. The Morgan fingerprint density at radius 1 is 1.15 bits per heavy atom. The van der Waals surface area contributed by atoms with Gasteiger partial charge in [-0.05, 0) is 55.5 Å². The van der Waals surface area contributed by atoms with Gasteiger partial charge in [0, 0.05) is 24.8 Å². The molecule has 140 valence electrons. The highest BCUT2D eigenvalue weighted by molar-refractivity contribution is 5.92.